The lowest BCUT2D eigenvalue weighted by atomic mass is 10.2. The minimum absolute atomic E-state index is 0.169. The van der Waals surface area contributed by atoms with Gasteiger partial charge in [0.15, 0.2) is 0 Å². The maximum atomic E-state index is 13.1. The van der Waals surface area contributed by atoms with Crippen molar-refractivity contribution < 1.29 is 14.3 Å². The van der Waals surface area contributed by atoms with Gasteiger partial charge in [0.1, 0.15) is 5.82 Å². The molecule has 6 heteroatoms. The Labute approximate surface area is 118 Å². The van der Waals surface area contributed by atoms with Crippen molar-refractivity contribution in [2.75, 3.05) is 0 Å². The summed E-state index contributed by atoms with van der Waals surface area (Å²) in [4.78, 5) is 14.9. The van der Waals surface area contributed by atoms with Crippen molar-refractivity contribution in [1.29, 1.82) is 0 Å². The summed E-state index contributed by atoms with van der Waals surface area (Å²) in [6.07, 6.45) is 1.43. The van der Waals surface area contributed by atoms with Gasteiger partial charge < -0.3 is 5.11 Å². The number of aromatic carboxylic acids is 1. The van der Waals surface area contributed by atoms with E-state index >= 15 is 0 Å². The summed E-state index contributed by atoms with van der Waals surface area (Å²) in [7, 11) is 0. The van der Waals surface area contributed by atoms with Gasteiger partial charge >= 0.3 is 5.97 Å². The van der Waals surface area contributed by atoms with E-state index in [1.807, 2.05) is 0 Å². The summed E-state index contributed by atoms with van der Waals surface area (Å²) in [5, 5.41) is 9.90. The van der Waals surface area contributed by atoms with Gasteiger partial charge in [-0.2, -0.15) is 0 Å². The first kappa shape index (κ1) is 13.8. The number of carboxylic acid groups (broad SMARTS) is 1. The largest absolute Gasteiger partial charge is 0.478 e. The van der Waals surface area contributed by atoms with E-state index in [0.29, 0.717) is 21.4 Å². The molecule has 1 heterocycles. The molecule has 19 heavy (non-hydrogen) atoms. The number of thioether (sulfide) groups is 1. The van der Waals surface area contributed by atoms with Gasteiger partial charge in [-0.15, -0.1) is 11.8 Å². The number of hydrogen-bond acceptors (Lipinski definition) is 3. The number of hydrogen-bond donors (Lipinski definition) is 1. The Kier molecular flexibility index (Phi) is 4.39. The Morgan fingerprint density at radius 3 is 2.89 bits per heavy atom. The van der Waals surface area contributed by atoms with Gasteiger partial charge in [-0.25, -0.2) is 14.2 Å². The zero-order valence-electron chi connectivity index (χ0n) is 9.64. The molecule has 1 aromatic carbocycles. The van der Waals surface area contributed by atoms with Gasteiger partial charge in [-0.3, -0.25) is 0 Å². The summed E-state index contributed by atoms with van der Waals surface area (Å²) in [5.41, 5.74) is 0.817. The maximum absolute atomic E-state index is 13.1. The van der Waals surface area contributed by atoms with Gasteiger partial charge in [-0.1, -0.05) is 11.6 Å². The van der Waals surface area contributed by atoms with Crippen LogP contribution in [0.1, 0.15) is 15.9 Å². The number of aromatic nitrogens is 1. The molecule has 0 unspecified atom stereocenters. The molecule has 0 aliphatic heterocycles. The smallest absolute Gasteiger partial charge is 0.335 e. The molecule has 1 N–H and O–H groups in total. The second-order valence-corrected chi connectivity index (χ2v) is 5.12. The van der Waals surface area contributed by atoms with Gasteiger partial charge in [0, 0.05) is 17.0 Å². The Hall–Kier alpha value is -1.59. The zero-order chi connectivity index (χ0) is 13.8. The summed E-state index contributed by atoms with van der Waals surface area (Å²) >= 11 is 7.25. The molecule has 0 radical (unpaired) electrons. The molecule has 0 saturated heterocycles. The van der Waals surface area contributed by atoms with Crippen LogP contribution in [0.2, 0.25) is 5.02 Å². The van der Waals surface area contributed by atoms with Gasteiger partial charge in [-0.05, 0) is 35.9 Å². The first-order valence-corrected chi connectivity index (χ1v) is 6.68. The third kappa shape index (κ3) is 3.68. The number of carboxylic acids is 1. The second-order valence-electron chi connectivity index (χ2n) is 3.71. The van der Waals surface area contributed by atoms with Crippen molar-refractivity contribution in [3.8, 4) is 0 Å². The highest BCUT2D eigenvalue weighted by Gasteiger charge is 2.07. The molecule has 0 amide bonds. The summed E-state index contributed by atoms with van der Waals surface area (Å²) in [6.45, 7) is 0. The lowest BCUT2D eigenvalue weighted by Crippen LogP contribution is -1.96. The lowest BCUT2D eigenvalue weighted by molar-refractivity contribution is 0.0696. The Bertz CT molecular complexity index is 621. The molecule has 0 aliphatic rings. The number of benzene rings is 1. The van der Waals surface area contributed by atoms with E-state index in [1.165, 1.54) is 48.3 Å². The molecule has 0 atom stereocenters. The van der Waals surface area contributed by atoms with Crippen LogP contribution in [0.15, 0.2) is 41.6 Å². The average Bonchev–Trinajstić information content (AvgIpc) is 2.40. The molecule has 98 valence electrons. The minimum atomic E-state index is -1.01. The zero-order valence-corrected chi connectivity index (χ0v) is 11.2. The number of pyridine rings is 1. The van der Waals surface area contributed by atoms with Crippen LogP contribution >= 0.6 is 23.4 Å². The topological polar surface area (TPSA) is 50.2 Å². The van der Waals surface area contributed by atoms with Crippen LogP contribution in [-0.4, -0.2) is 16.1 Å². The molecule has 0 fully saturated rings. The van der Waals surface area contributed by atoms with Crippen LogP contribution in [0.4, 0.5) is 4.39 Å². The Morgan fingerprint density at radius 1 is 1.37 bits per heavy atom. The number of nitrogens with zero attached hydrogens (tertiary/aromatic N) is 1. The fraction of sp³-hybridized carbons (Fsp3) is 0.0769. The van der Waals surface area contributed by atoms with Crippen molar-refractivity contribution in [1.82, 2.24) is 4.98 Å². The SMILES string of the molecule is O=C(O)c1ccnc(SCc2cc(F)ccc2Cl)c1. The van der Waals surface area contributed by atoms with E-state index < -0.39 is 5.97 Å². The Morgan fingerprint density at radius 2 is 2.16 bits per heavy atom. The fourth-order valence-corrected chi connectivity index (χ4v) is 2.58. The first-order valence-electron chi connectivity index (χ1n) is 5.32. The van der Waals surface area contributed by atoms with Crippen LogP contribution in [-0.2, 0) is 5.75 Å². The number of rotatable bonds is 4. The van der Waals surface area contributed by atoms with Crippen LogP contribution in [0.25, 0.3) is 0 Å². The van der Waals surface area contributed by atoms with Crippen LogP contribution in [0.3, 0.4) is 0 Å². The highest BCUT2D eigenvalue weighted by molar-refractivity contribution is 7.98. The number of halogens is 2. The molecule has 3 nitrogen and oxygen atoms in total. The van der Waals surface area contributed by atoms with Crippen LogP contribution < -0.4 is 0 Å². The third-order valence-corrected chi connectivity index (χ3v) is 3.71. The molecule has 0 saturated carbocycles. The normalized spacial score (nSPS) is 10.4. The highest BCUT2D eigenvalue weighted by Crippen LogP contribution is 2.26. The summed E-state index contributed by atoms with van der Waals surface area (Å²) in [6, 6.07) is 7.03. The van der Waals surface area contributed by atoms with Gasteiger partial charge in [0.05, 0.1) is 10.6 Å². The molecular formula is C13H9ClFNO2S. The molecular weight excluding hydrogens is 289 g/mol. The first-order chi connectivity index (χ1) is 9.06. The second kappa shape index (κ2) is 6.04. The monoisotopic (exact) mass is 297 g/mol. The molecule has 0 bridgehead atoms. The quantitative estimate of drug-likeness (QED) is 0.871. The lowest BCUT2D eigenvalue weighted by Gasteiger charge is -2.04. The highest BCUT2D eigenvalue weighted by atomic mass is 35.5. The van der Waals surface area contributed by atoms with E-state index in [4.69, 9.17) is 16.7 Å². The summed E-state index contributed by atoms with van der Waals surface area (Å²) < 4.78 is 13.1. The summed E-state index contributed by atoms with van der Waals surface area (Å²) in [5.74, 6) is -0.938. The van der Waals surface area contributed by atoms with Crippen molar-refractivity contribution in [2.24, 2.45) is 0 Å². The van der Waals surface area contributed by atoms with Gasteiger partial charge in [0.25, 0.3) is 0 Å². The minimum Gasteiger partial charge on any atom is -0.478 e. The fourth-order valence-electron chi connectivity index (χ4n) is 1.43. The molecule has 1 aromatic heterocycles. The molecule has 0 aliphatic carbocycles. The molecule has 0 spiro atoms. The number of carbonyl (C=O) groups is 1. The van der Waals surface area contributed by atoms with Crippen molar-refractivity contribution in [3.63, 3.8) is 0 Å². The van der Waals surface area contributed by atoms with Crippen molar-refractivity contribution in [2.45, 2.75) is 10.8 Å². The average molecular weight is 298 g/mol. The predicted molar refractivity (Wildman–Crippen MR) is 72.2 cm³/mol. The predicted octanol–water partition coefficient (Wildman–Crippen LogP) is 3.86. The van der Waals surface area contributed by atoms with E-state index in [0.717, 1.165) is 0 Å². The van der Waals surface area contributed by atoms with Crippen LogP contribution in [0.5, 0.6) is 0 Å². The van der Waals surface area contributed by atoms with E-state index in [9.17, 15) is 9.18 Å². The Balaban J connectivity index is 2.12. The van der Waals surface area contributed by atoms with E-state index in [2.05, 4.69) is 4.98 Å². The van der Waals surface area contributed by atoms with E-state index in [-0.39, 0.29) is 11.4 Å². The third-order valence-electron chi connectivity index (χ3n) is 2.37. The van der Waals surface area contributed by atoms with Crippen molar-refractivity contribution >= 4 is 29.3 Å². The van der Waals surface area contributed by atoms with Crippen LogP contribution in [0, 0.1) is 5.82 Å². The van der Waals surface area contributed by atoms with E-state index in [1.54, 1.807) is 0 Å². The van der Waals surface area contributed by atoms with Gasteiger partial charge in [0.2, 0.25) is 0 Å². The van der Waals surface area contributed by atoms with Crippen molar-refractivity contribution in [3.05, 3.63) is 58.5 Å². The molecule has 2 aromatic rings. The maximum Gasteiger partial charge on any atom is 0.335 e. The molecule has 2 rings (SSSR count). The standard InChI is InChI=1S/C13H9ClFNO2S/c14-11-2-1-10(15)5-9(11)7-19-12-6-8(13(17)18)3-4-16-12/h1-6H,7H2,(H,17,18).